The number of anilines is 2. The van der Waals surface area contributed by atoms with Gasteiger partial charge in [-0.1, -0.05) is 34.1 Å². The molecule has 0 radical (unpaired) electrons. The van der Waals surface area contributed by atoms with Gasteiger partial charge in [0, 0.05) is 29.8 Å². The summed E-state index contributed by atoms with van der Waals surface area (Å²) in [6.07, 6.45) is 2.52. The monoisotopic (exact) mass is 348 g/mol. The average molecular weight is 349 g/mol. The Bertz CT molecular complexity index is 640. The molecule has 2 aromatic rings. The molecule has 0 unspecified atom stereocenters. The van der Waals surface area contributed by atoms with Gasteiger partial charge in [-0.2, -0.15) is 0 Å². The van der Waals surface area contributed by atoms with Gasteiger partial charge in [0.15, 0.2) is 0 Å². The van der Waals surface area contributed by atoms with E-state index in [4.69, 9.17) is 0 Å². The molecule has 1 aliphatic carbocycles. The zero-order chi connectivity index (χ0) is 14.8. The second-order valence-corrected chi connectivity index (χ2v) is 6.35. The van der Waals surface area contributed by atoms with E-state index in [1.807, 2.05) is 30.1 Å². The normalized spacial score (nSPS) is 14.2. The Balaban J connectivity index is 1.91. The molecule has 2 nitrogen and oxygen atoms in total. The third kappa shape index (κ3) is 3.44. The van der Waals surface area contributed by atoms with E-state index in [1.54, 1.807) is 12.1 Å². The first-order valence-electron chi connectivity index (χ1n) is 7.15. The molecule has 1 aliphatic rings. The van der Waals surface area contributed by atoms with E-state index in [2.05, 4.69) is 27.3 Å². The Hall–Kier alpha value is -1.39. The predicted molar refractivity (Wildman–Crippen MR) is 88.5 cm³/mol. The molecule has 0 atom stereocenters. The second-order valence-electron chi connectivity index (χ2n) is 5.44. The molecular weight excluding hydrogens is 331 g/mol. The topological polar surface area (TPSA) is 15.3 Å². The Labute approximate surface area is 133 Å². The van der Waals surface area contributed by atoms with Crippen molar-refractivity contribution in [2.24, 2.45) is 0 Å². The minimum absolute atomic E-state index is 0.207. The zero-order valence-corrected chi connectivity index (χ0v) is 13.5. The molecule has 1 saturated carbocycles. The maximum absolute atomic E-state index is 14.0. The number of hydrogen-bond acceptors (Lipinski definition) is 2. The lowest BCUT2D eigenvalue weighted by Gasteiger charge is -2.23. The summed E-state index contributed by atoms with van der Waals surface area (Å²) in [5.74, 6) is -0.207. The van der Waals surface area contributed by atoms with Crippen LogP contribution in [0.25, 0.3) is 0 Å². The maximum atomic E-state index is 14.0. The van der Waals surface area contributed by atoms with E-state index in [9.17, 15) is 4.39 Å². The van der Waals surface area contributed by atoms with Gasteiger partial charge >= 0.3 is 0 Å². The van der Waals surface area contributed by atoms with Gasteiger partial charge in [0.05, 0.1) is 5.69 Å². The van der Waals surface area contributed by atoms with Crippen LogP contribution in [0.5, 0.6) is 0 Å². The van der Waals surface area contributed by atoms with Gasteiger partial charge < -0.3 is 10.2 Å². The van der Waals surface area contributed by atoms with Crippen LogP contribution in [0.3, 0.4) is 0 Å². The Kier molecular flexibility index (Phi) is 4.27. The second kappa shape index (κ2) is 6.16. The molecule has 110 valence electrons. The Morgan fingerprint density at radius 3 is 2.67 bits per heavy atom. The summed E-state index contributed by atoms with van der Waals surface area (Å²) in [6, 6.07) is 13.7. The highest BCUT2D eigenvalue weighted by atomic mass is 79.9. The molecule has 0 aromatic heterocycles. The minimum Gasteiger partial charge on any atom is -0.342 e. The van der Waals surface area contributed by atoms with Crippen molar-refractivity contribution in [2.45, 2.75) is 25.4 Å². The summed E-state index contributed by atoms with van der Waals surface area (Å²) >= 11 is 3.51. The van der Waals surface area contributed by atoms with E-state index < -0.39 is 0 Å². The molecule has 2 aromatic carbocycles. The van der Waals surface area contributed by atoms with Crippen molar-refractivity contribution in [1.29, 1.82) is 0 Å². The lowest BCUT2D eigenvalue weighted by atomic mass is 10.1. The van der Waals surface area contributed by atoms with Crippen LogP contribution in [-0.2, 0) is 6.54 Å². The average Bonchev–Trinajstić information content (AvgIpc) is 3.30. The third-order valence-corrected chi connectivity index (χ3v) is 4.27. The third-order valence-electron chi connectivity index (χ3n) is 3.78. The number of halogens is 2. The number of nitrogens with zero attached hydrogens (tertiary/aromatic N) is 1. The van der Waals surface area contributed by atoms with Gasteiger partial charge in [0.1, 0.15) is 5.82 Å². The van der Waals surface area contributed by atoms with E-state index in [0.717, 1.165) is 16.7 Å². The van der Waals surface area contributed by atoms with Crippen molar-refractivity contribution in [1.82, 2.24) is 5.32 Å². The molecule has 4 heteroatoms. The van der Waals surface area contributed by atoms with Crippen LogP contribution in [0.4, 0.5) is 15.8 Å². The number of nitrogens with one attached hydrogen (secondary N) is 1. The summed E-state index contributed by atoms with van der Waals surface area (Å²) in [6.45, 7) is 0.812. The smallest absolute Gasteiger partial charge is 0.146 e. The lowest BCUT2D eigenvalue weighted by molar-refractivity contribution is 0.627. The highest BCUT2D eigenvalue weighted by Crippen LogP contribution is 2.32. The van der Waals surface area contributed by atoms with Crippen molar-refractivity contribution in [3.05, 3.63) is 58.3 Å². The quantitative estimate of drug-likeness (QED) is 0.848. The number of hydrogen-bond donors (Lipinski definition) is 1. The largest absolute Gasteiger partial charge is 0.342 e. The minimum atomic E-state index is -0.207. The summed E-state index contributed by atoms with van der Waals surface area (Å²) < 4.78 is 15.0. The van der Waals surface area contributed by atoms with Gasteiger partial charge in [0.2, 0.25) is 0 Å². The first kappa shape index (κ1) is 14.5. The fourth-order valence-corrected chi connectivity index (χ4v) is 2.74. The first-order chi connectivity index (χ1) is 10.1. The maximum Gasteiger partial charge on any atom is 0.146 e. The number of para-hydroxylation sites is 1. The molecule has 0 bridgehead atoms. The summed E-state index contributed by atoms with van der Waals surface area (Å²) in [4.78, 5) is 1.91. The van der Waals surface area contributed by atoms with Crippen LogP contribution in [0, 0.1) is 5.82 Å². The van der Waals surface area contributed by atoms with E-state index >= 15 is 0 Å². The summed E-state index contributed by atoms with van der Waals surface area (Å²) in [7, 11) is 1.90. The predicted octanol–water partition coefficient (Wildman–Crippen LogP) is 4.61. The van der Waals surface area contributed by atoms with E-state index in [1.165, 1.54) is 24.5 Å². The van der Waals surface area contributed by atoms with Gasteiger partial charge in [0.25, 0.3) is 0 Å². The highest BCUT2D eigenvalue weighted by Gasteiger charge is 2.21. The molecule has 0 aliphatic heterocycles. The van der Waals surface area contributed by atoms with Crippen molar-refractivity contribution >= 4 is 27.3 Å². The first-order valence-corrected chi connectivity index (χ1v) is 7.94. The van der Waals surface area contributed by atoms with Gasteiger partial charge in [-0.3, -0.25) is 0 Å². The van der Waals surface area contributed by atoms with E-state index in [-0.39, 0.29) is 5.82 Å². The Morgan fingerprint density at radius 1 is 1.19 bits per heavy atom. The fraction of sp³-hybridized carbons (Fsp3) is 0.294. The molecule has 0 amide bonds. The van der Waals surface area contributed by atoms with Crippen LogP contribution in [-0.4, -0.2) is 13.1 Å². The van der Waals surface area contributed by atoms with Crippen LogP contribution in [0.15, 0.2) is 46.9 Å². The molecule has 0 spiro atoms. The summed E-state index contributed by atoms with van der Waals surface area (Å²) in [5.41, 5.74) is 2.78. The van der Waals surface area contributed by atoms with Gasteiger partial charge in [-0.15, -0.1) is 0 Å². The van der Waals surface area contributed by atoms with Crippen LogP contribution in [0.2, 0.25) is 0 Å². The van der Waals surface area contributed by atoms with Gasteiger partial charge in [-0.25, -0.2) is 4.39 Å². The molecule has 0 heterocycles. The lowest BCUT2D eigenvalue weighted by Crippen LogP contribution is -2.19. The van der Waals surface area contributed by atoms with Crippen LogP contribution < -0.4 is 10.2 Å². The zero-order valence-electron chi connectivity index (χ0n) is 11.9. The SMILES string of the molecule is CN(c1ccccc1F)c1cc(Br)ccc1CNC1CC1. The number of rotatable bonds is 5. The molecule has 1 fully saturated rings. The van der Waals surface area contributed by atoms with Crippen molar-refractivity contribution in [3.63, 3.8) is 0 Å². The van der Waals surface area contributed by atoms with Crippen molar-refractivity contribution in [2.75, 3.05) is 11.9 Å². The molecule has 3 rings (SSSR count). The van der Waals surface area contributed by atoms with Crippen molar-refractivity contribution in [3.8, 4) is 0 Å². The highest BCUT2D eigenvalue weighted by molar-refractivity contribution is 9.10. The van der Waals surface area contributed by atoms with Crippen LogP contribution in [0.1, 0.15) is 18.4 Å². The van der Waals surface area contributed by atoms with Gasteiger partial charge in [-0.05, 0) is 42.7 Å². The van der Waals surface area contributed by atoms with E-state index in [0.29, 0.717) is 11.7 Å². The molecular formula is C17H18BrFN2. The van der Waals surface area contributed by atoms with Crippen LogP contribution >= 0.6 is 15.9 Å². The Morgan fingerprint density at radius 2 is 1.95 bits per heavy atom. The molecule has 0 saturated heterocycles. The summed E-state index contributed by atoms with van der Waals surface area (Å²) in [5, 5.41) is 3.52. The van der Waals surface area contributed by atoms with Crippen molar-refractivity contribution < 1.29 is 4.39 Å². The standard InChI is InChI=1S/C17H18BrFN2/c1-21(16-5-3-2-4-15(16)19)17-10-13(18)7-6-12(17)11-20-14-8-9-14/h2-7,10,14,20H,8-9,11H2,1H3. The number of benzene rings is 2. The molecule has 21 heavy (non-hydrogen) atoms. The molecule has 1 N–H and O–H groups in total. The fourth-order valence-electron chi connectivity index (χ4n) is 2.39.